The molecule has 2 aromatic rings. The average molecular weight is 290 g/mol. The van der Waals surface area contributed by atoms with Crippen molar-refractivity contribution in [2.45, 2.75) is 26.7 Å². The first-order chi connectivity index (χ1) is 10.0. The zero-order valence-corrected chi connectivity index (χ0v) is 12.4. The molecule has 2 rings (SSSR count). The number of nitrogens with one attached hydrogen (secondary N) is 1. The van der Waals surface area contributed by atoms with Crippen LogP contribution in [0.5, 0.6) is 5.75 Å². The Balaban J connectivity index is 2.34. The molecule has 0 amide bonds. The second-order valence-electron chi connectivity index (χ2n) is 4.72. The zero-order valence-electron chi connectivity index (χ0n) is 12.4. The van der Waals surface area contributed by atoms with Gasteiger partial charge in [-0.3, -0.25) is 0 Å². The third-order valence-corrected chi connectivity index (χ3v) is 3.12. The molecule has 0 spiro atoms. The van der Waals surface area contributed by atoms with Crippen molar-refractivity contribution >= 4 is 17.3 Å². The quantitative estimate of drug-likeness (QED) is 0.884. The largest absolute Gasteiger partial charge is 0.494 e. The molecule has 0 aliphatic heterocycles. The summed E-state index contributed by atoms with van der Waals surface area (Å²) in [6, 6.07) is 4.54. The van der Waals surface area contributed by atoms with E-state index in [1.807, 2.05) is 6.92 Å². The zero-order chi connectivity index (χ0) is 15.4. The van der Waals surface area contributed by atoms with Crippen molar-refractivity contribution in [3.8, 4) is 5.75 Å². The maximum absolute atomic E-state index is 13.4. The van der Waals surface area contributed by atoms with Gasteiger partial charge in [0.1, 0.15) is 17.5 Å². The van der Waals surface area contributed by atoms with Crippen LogP contribution in [0.15, 0.2) is 18.2 Å². The van der Waals surface area contributed by atoms with E-state index in [1.54, 1.807) is 12.1 Å². The molecule has 0 aliphatic rings. The van der Waals surface area contributed by atoms with Gasteiger partial charge in [0, 0.05) is 23.7 Å². The average Bonchev–Trinajstić information content (AvgIpc) is 2.46. The van der Waals surface area contributed by atoms with Crippen LogP contribution >= 0.6 is 0 Å². The maximum Gasteiger partial charge on any atom is 0.165 e. The Bertz CT molecular complexity index is 646. The minimum absolute atomic E-state index is 0.175. The fraction of sp³-hybridized carbons (Fsp3) is 0.333. The highest BCUT2D eigenvalue weighted by molar-refractivity contribution is 5.64. The standard InChI is InChI=1S/C15H19FN4O/c1-4-5-13-19-14(17)9(2)15(20-13)18-10-6-7-11(16)12(8-10)21-3/h6-8H,4-5H2,1-3H3,(H3,17,18,19,20). The number of anilines is 3. The fourth-order valence-electron chi connectivity index (χ4n) is 1.91. The molecule has 0 radical (unpaired) electrons. The van der Waals surface area contributed by atoms with Crippen molar-refractivity contribution in [1.82, 2.24) is 9.97 Å². The lowest BCUT2D eigenvalue weighted by atomic mass is 10.2. The first kappa shape index (κ1) is 15.0. The van der Waals surface area contributed by atoms with E-state index in [-0.39, 0.29) is 5.75 Å². The number of hydrogen-bond acceptors (Lipinski definition) is 5. The number of nitrogens with two attached hydrogens (primary N) is 1. The fourth-order valence-corrected chi connectivity index (χ4v) is 1.91. The van der Waals surface area contributed by atoms with Crippen LogP contribution in [0.25, 0.3) is 0 Å². The predicted octanol–water partition coefficient (Wildman–Crippen LogP) is 3.21. The number of hydrogen-bond donors (Lipinski definition) is 2. The highest BCUT2D eigenvalue weighted by atomic mass is 19.1. The lowest BCUT2D eigenvalue weighted by molar-refractivity contribution is 0.387. The number of aryl methyl sites for hydroxylation is 1. The summed E-state index contributed by atoms with van der Waals surface area (Å²) in [4.78, 5) is 8.71. The minimum Gasteiger partial charge on any atom is -0.494 e. The lowest BCUT2D eigenvalue weighted by Gasteiger charge is -2.13. The van der Waals surface area contributed by atoms with E-state index in [1.165, 1.54) is 13.2 Å². The minimum atomic E-state index is -0.409. The van der Waals surface area contributed by atoms with Gasteiger partial charge in [0.05, 0.1) is 7.11 Å². The number of nitrogen functional groups attached to an aromatic ring is 1. The van der Waals surface area contributed by atoms with E-state index < -0.39 is 5.82 Å². The Labute approximate surface area is 123 Å². The topological polar surface area (TPSA) is 73.1 Å². The van der Waals surface area contributed by atoms with Crippen molar-refractivity contribution in [3.63, 3.8) is 0 Å². The normalized spacial score (nSPS) is 10.5. The second kappa shape index (κ2) is 6.39. The molecule has 1 aromatic heterocycles. The van der Waals surface area contributed by atoms with Crippen LogP contribution in [-0.4, -0.2) is 17.1 Å². The summed E-state index contributed by atoms with van der Waals surface area (Å²) in [6.07, 6.45) is 1.69. The molecule has 1 aromatic carbocycles. The highest BCUT2D eigenvalue weighted by Gasteiger charge is 2.10. The van der Waals surface area contributed by atoms with Gasteiger partial charge in [0.15, 0.2) is 11.6 Å². The molecule has 1 heterocycles. The smallest absolute Gasteiger partial charge is 0.165 e. The molecule has 0 aliphatic carbocycles. The van der Waals surface area contributed by atoms with Crippen LogP contribution < -0.4 is 15.8 Å². The molecule has 0 saturated heterocycles. The molecule has 6 heteroatoms. The Hall–Kier alpha value is -2.37. The first-order valence-electron chi connectivity index (χ1n) is 6.78. The van der Waals surface area contributed by atoms with Crippen molar-refractivity contribution < 1.29 is 9.13 Å². The van der Waals surface area contributed by atoms with Gasteiger partial charge in [0.2, 0.25) is 0 Å². The predicted molar refractivity (Wildman–Crippen MR) is 81.4 cm³/mol. The van der Waals surface area contributed by atoms with E-state index >= 15 is 0 Å². The van der Waals surface area contributed by atoms with Crippen LogP contribution in [0, 0.1) is 12.7 Å². The molecule has 0 atom stereocenters. The van der Waals surface area contributed by atoms with Gasteiger partial charge in [0.25, 0.3) is 0 Å². The van der Waals surface area contributed by atoms with Gasteiger partial charge < -0.3 is 15.8 Å². The van der Waals surface area contributed by atoms with Crippen molar-refractivity contribution in [3.05, 3.63) is 35.4 Å². The molecule has 5 nitrogen and oxygen atoms in total. The molecule has 0 bridgehead atoms. The van der Waals surface area contributed by atoms with E-state index in [4.69, 9.17) is 10.5 Å². The second-order valence-corrected chi connectivity index (χ2v) is 4.72. The van der Waals surface area contributed by atoms with E-state index in [0.717, 1.165) is 18.4 Å². The molecule has 0 fully saturated rings. The first-order valence-corrected chi connectivity index (χ1v) is 6.78. The summed E-state index contributed by atoms with van der Waals surface area (Å²) >= 11 is 0. The Kier molecular flexibility index (Phi) is 4.57. The number of halogens is 1. The molecule has 21 heavy (non-hydrogen) atoms. The summed E-state index contributed by atoms with van der Waals surface area (Å²) in [7, 11) is 1.43. The number of nitrogens with zero attached hydrogens (tertiary/aromatic N) is 2. The van der Waals surface area contributed by atoms with Gasteiger partial charge in [-0.2, -0.15) is 0 Å². The summed E-state index contributed by atoms with van der Waals surface area (Å²) < 4.78 is 18.4. The van der Waals surface area contributed by atoms with E-state index in [0.29, 0.717) is 23.1 Å². The summed E-state index contributed by atoms with van der Waals surface area (Å²) in [5.41, 5.74) is 7.35. The van der Waals surface area contributed by atoms with Crippen LogP contribution in [-0.2, 0) is 6.42 Å². The Morgan fingerprint density at radius 2 is 2.10 bits per heavy atom. The van der Waals surface area contributed by atoms with Gasteiger partial charge >= 0.3 is 0 Å². The molecular weight excluding hydrogens is 271 g/mol. The van der Waals surface area contributed by atoms with Gasteiger partial charge in [-0.25, -0.2) is 14.4 Å². The van der Waals surface area contributed by atoms with Crippen LogP contribution in [0.3, 0.4) is 0 Å². The molecule has 0 unspecified atom stereocenters. The monoisotopic (exact) mass is 290 g/mol. The number of ether oxygens (including phenoxy) is 1. The van der Waals surface area contributed by atoms with Crippen molar-refractivity contribution in [2.75, 3.05) is 18.2 Å². The molecule has 3 N–H and O–H groups in total. The van der Waals surface area contributed by atoms with E-state index in [2.05, 4.69) is 22.2 Å². The van der Waals surface area contributed by atoms with Crippen molar-refractivity contribution in [1.29, 1.82) is 0 Å². The lowest BCUT2D eigenvalue weighted by Crippen LogP contribution is -2.07. The number of aromatic nitrogens is 2. The Morgan fingerprint density at radius 1 is 1.33 bits per heavy atom. The Morgan fingerprint density at radius 3 is 2.76 bits per heavy atom. The number of benzene rings is 1. The van der Waals surface area contributed by atoms with Crippen LogP contribution in [0.2, 0.25) is 0 Å². The summed E-state index contributed by atoms with van der Waals surface area (Å²) in [5.74, 6) is 1.53. The van der Waals surface area contributed by atoms with E-state index in [9.17, 15) is 4.39 Å². The third-order valence-electron chi connectivity index (χ3n) is 3.12. The number of rotatable bonds is 5. The highest BCUT2D eigenvalue weighted by Crippen LogP contribution is 2.26. The van der Waals surface area contributed by atoms with Crippen molar-refractivity contribution in [2.24, 2.45) is 0 Å². The maximum atomic E-state index is 13.4. The summed E-state index contributed by atoms with van der Waals surface area (Å²) in [5, 5.41) is 3.14. The van der Waals surface area contributed by atoms with Gasteiger partial charge in [-0.05, 0) is 25.5 Å². The van der Waals surface area contributed by atoms with Crippen LogP contribution in [0.1, 0.15) is 24.7 Å². The van der Waals surface area contributed by atoms with Crippen LogP contribution in [0.4, 0.5) is 21.7 Å². The SMILES string of the molecule is CCCc1nc(N)c(C)c(Nc2ccc(F)c(OC)c2)n1. The van der Waals surface area contributed by atoms with Gasteiger partial charge in [-0.15, -0.1) is 0 Å². The van der Waals surface area contributed by atoms with Gasteiger partial charge in [-0.1, -0.05) is 6.92 Å². The molecule has 112 valence electrons. The number of methoxy groups -OCH3 is 1. The summed E-state index contributed by atoms with van der Waals surface area (Å²) in [6.45, 7) is 3.89. The molecule has 0 saturated carbocycles. The molecular formula is C15H19FN4O. The third kappa shape index (κ3) is 3.39.